The van der Waals surface area contributed by atoms with Crippen molar-refractivity contribution < 1.29 is 8.42 Å². The van der Waals surface area contributed by atoms with Crippen molar-refractivity contribution in [2.24, 2.45) is 0 Å². The van der Waals surface area contributed by atoms with E-state index >= 15 is 0 Å². The van der Waals surface area contributed by atoms with Crippen LogP contribution < -0.4 is 15.4 Å². The molecular weight excluding hydrogens is 282 g/mol. The molecule has 1 aromatic rings. The maximum absolute atomic E-state index is 11.7. The van der Waals surface area contributed by atoms with Gasteiger partial charge in [0.25, 0.3) is 0 Å². The molecule has 0 atom stereocenters. The molecule has 0 unspecified atom stereocenters. The molecular formula is C12H19N3O2S2. The van der Waals surface area contributed by atoms with E-state index in [1.165, 1.54) is 18.9 Å². The average Bonchev–Trinajstić information content (AvgIpc) is 2.67. The second-order valence-electron chi connectivity index (χ2n) is 4.38. The highest BCUT2D eigenvalue weighted by molar-refractivity contribution is 7.99. The molecule has 1 fully saturated rings. The number of hydrogen-bond acceptors (Lipinski definition) is 5. The Morgan fingerprint density at radius 2 is 2.11 bits per heavy atom. The quantitative estimate of drug-likeness (QED) is 0.818. The number of nitrogens with zero attached hydrogens (tertiary/aromatic N) is 1. The van der Waals surface area contributed by atoms with Gasteiger partial charge in [-0.1, -0.05) is 0 Å². The number of nitrogens with one attached hydrogen (secondary N) is 1. The van der Waals surface area contributed by atoms with Gasteiger partial charge in [-0.25, -0.2) is 13.1 Å². The van der Waals surface area contributed by atoms with Gasteiger partial charge < -0.3 is 10.6 Å². The summed E-state index contributed by atoms with van der Waals surface area (Å²) in [6.45, 7) is 1.92. The molecule has 3 N–H and O–H groups in total. The number of sulfonamides is 1. The van der Waals surface area contributed by atoms with Gasteiger partial charge in [0.15, 0.2) is 0 Å². The molecule has 0 bridgehead atoms. The van der Waals surface area contributed by atoms with Crippen LogP contribution in [0.25, 0.3) is 0 Å². The topological polar surface area (TPSA) is 75.4 Å². The van der Waals surface area contributed by atoms with Gasteiger partial charge in [-0.2, -0.15) is 11.8 Å². The first-order valence-electron chi connectivity index (χ1n) is 6.20. The SMILES string of the molecule is CNS(=O)(=O)c1ccc(N2CCCSCC2)c(N)c1. The molecule has 1 saturated heterocycles. The Morgan fingerprint density at radius 3 is 2.79 bits per heavy atom. The summed E-state index contributed by atoms with van der Waals surface area (Å²) < 4.78 is 25.7. The van der Waals surface area contributed by atoms with Crippen LogP contribution in [0, 0.1) is 0 Å². The number of nitrogen functional groups attached to an aromatic ring is 1. The molecule has 0 aromatic heterocycles. The molecule has 19 heavy (non-hydrogen) atoms. The molecule has 0 spiro atoms. The van der Waals surface area contributed by atoms with Gasteiger partial charge in [0, 0.05) is 18.8 Å². The van der Waals surface area contributed by atoms with Crippen LogP contribution in [0.5, 0.6) is 0 Å². The summed E-state index contributed by atoms with van der Waals surface area (Å²) in [6.07, 6.45) is 1.13. The third kappa shape index (κ3) is 3.34. The number of nitrogens with two attached hydrogens (primary N) is 1. The molecule has 7 heteroatoms. The van der Waals surface area contributed by atoms with Crippen molar-refractivity contribution >= 4 is 33.2 Å². The molecule has 1 aromatic carbocycles. The van der Waals surface area contributed by atoms with Crippen LogP contribution in [-0.4, -0.2) is 40.1 Å². The van der Waals surface area contributed by atoms with Crippen LogP contribution in [0.2, 0.25) is 0 Å². The van der Waals surface area contributed by atoms with E-state index in [1.54, 1.807) is 12.1 Å². The second-order valence-corrected chi connectivity index (χ2v) is 7.49. The highest BCUT2D eigenvalue weighted by Crippen LogP contribution is 2.28. The molecule has 0 amide bonds. The molecule has 106 valence electrons. The standard InChI is InChI=1S/C12H19N3O2S2/c1-14-19(16,17)10-3-4-12(11(13)9-10)15-5-2-7-18-8-6-15/h3-4,9,14H,2,5-8,13H2,1H3. The van der Waals surface area contributed by atoms with Crippen molar-refractivity contribution in [1.82, 2.24) is 4.72 Å². The Balaban J connectivity index is 2.28. The van der Waals surface area contributed by atoms with E-state index in [0.717, 1.165) is 31.0 Å². The molecule has 0 radical (unpaired) electrons. The Kier molecular flexibility index (Phi) is 4.59. The fraction of sp³-hybridized carbons (Fsp3) is 0.500. The predicted octanol–water partition coefficient (Wildman–Crippen LogP) is 1.12. The fourth-order valence-corrected chi connectivity index (χ4v) is 3.74. The van der Waals surface area contributed by atoms with Crippen molar-refractivity contribution in [3.05, 3.63) is 18.2 Å². The van der Waals surface area contributed by atoms with E-state index < -0.39 is 10.0 Å². The van der Waals surface area contributed by atoms with Gasteiger partial charge in [-0.3, -0.25) is 0 Å². The number of rotatable bonds is 3. The van der Waals surface area contributed by atoms with Crippen LogP contribution in [0.4, 0.5) is 11.4 Å². The normalized spacial score (nSPS) is 17.2. The predicted molar refractivity (Wildman–Crippen MR) is 81.3 cm³/mol. The smallest absolute Gasteiger partial charge is 0.240 e. The maximum atomic E-state index is 11.7. The highest BCUT2D eigenvalue weighted by Gasteiger charge is 2.16. The number of thioether (sulfide) groups is 1. The minimum absolute atomic E-state index is 0.209. The van der Waals surface area contributed by atoms with Gasteiger partial charge in [-0.15, -0.1) is 0 Å². The minimum atomic E-state index is -3.43. The zero-order valence-electron chi connectivity index (χ0n) is 10.9. The van der Waals surface area contributed by atoms with Gasteiger partial charge in [0.05, 0.1) is 16.3 Å². The molecule has 0 saturated carbocycles. The largest absolute Gasteiger partial charge is 0.397 e. The summed E-state index contributed by atoms with van der Waals surface area (Å²) in [5.74, 6) is 2.25. The van der Waals surface area contributed by atoms with Crippen molar-refractivity contribution in [3.8, 4) is 0 Å². The molecule has 0 aliphatic carbocycles. The monoisotopic (exact) mass is 301 g/mol. The Hall–Kier alpha value is -0.920. The van der Waals surface area contributed by atoms with Gasteiger partial charge in [0.2, 0.25) is 10.0 Å². The van der Waals surface area contributed by atoms with Crippen LogP contribution in [-0.2, 0) is 10.0 Å². The summed E-state index contributed by atoms with van der Waals surface area (Å²) >= 11 is 1.94. The molecule has 1 heterocycles. The number of hydrogen-bond donors (Lipinski definition) is 2. The lowest BCUT2D eigenvalue weighted by atomic mass is 10.2. The Morgan fingerprint density at radius 1 is 1.32 bits per heavy atom. The van der Waals surface area contributed by atoms with Crippen molar-refractivity contribution in [3.63, 3.8) is 0 Å². The van der Waals surface area contributed by atoms with E-state index in [-0.39, 0.29) is 4.90 Å². The Labute approximate surface area is 118 Å². The lowest BCUT2D eigenvalue weighted by Gasteiger charge is -2.24. The number of anilines is 2. The van der Waals surface area contributed by atoms with Gasteiger partial charge in [-0.05, 0) is 37.4 Å². The van der Waals surface area contributed by atoms with Crippen molar-refractivity contribution in [2.75, 3.05) is 42.3 Å². The minimum Gasteiger partial charge on any atom is -0.397 e. The number of benzene rings is 1. The zero-order chi connectivity index (χ0) is 13.9. The Bertz CT molecular complexity index is 538. The first-order valence-corrected chi connectivity index (χ1v) is 8.84. The summed E-state index contributed by atoms with van der Waals surface area (Å²) in [5.41, 5.74) is 7.46. The second kappa shape index (κ2) is 6.02. The summed E-state index contributed by atoms with van der Waals surface area (Å²) in [5, 5.41) is 0. The summed E-state index contributed by atoms with van der Waals surface area (Å²) in [4.78, 5) is 2.44. The molecule has 1 aliphatic rings. The fourth-order valence-electron chi connectivity index (χ4n) is 2.09. The van der Waals surface area contributed by atoms with Gasteiger partial charge in [0.1, 0.15) is 0 Å². The van der Waals surface area contributed by atoms with Crippen LogP contribution in [0.15, 0.2) is 23.1 Å². The first kappa shape index (κ1) is 14.5. The van der Waals surface area contributed by atoms with Crippen LogP contribution >= 0.6 is 11.8 Å². The van der Waals surface area contributed by atoms with E-state index in [1.807, 2.05) is 11.8 Å². The summed E-state index contributed by atoms with van der Waals surface area (Å²) in [6, 6.07) is 4.93. The average molecular weight is 301 g/mol. The third-order valence-electron chi connectivity index (χ3n) is 3.14. The van der Waals surface area contributed by atoms with E-state index in [4.69, 9.17) is 5.73 Å². The van der Waals surface area contributed by atoms with Crippen LogP contribution in [0.3, 0.4) is 0 Å². The van der Waals surface area contributed by atoms with E-state index in [9.17, 15) is 8.42 Å². The zero-order valence-corrected chi connectivity index (χ0v) is 12.6. The third-order valence-corrected chi connectivity index (χ3v) is 5.60. The highest BCUT2D eigenvalue weighted by atomic mass is 32.2. The molecule has 2 rings (SSSR count). The van der Waals surface area contributed by atoms with Crippen molar-refractivity contribution in [1.29, 1.82) is 0 Å². The van der Waals surface area contributed by atoms with E-state index in [2.05, 4.69) is 9.62 Å². The molecule has 5 nitrogen and oxygen atoms in total. The summed E-state index contributed by atoms with van der Waals surface area (Å²) in [7, 11) is -2.03. The maximum Gasteiger partial charge on any atom is 0.240 e. The molecule has 1 aliphatic heterocycles. The van der Waals surface area contributed by atoms with Crippen molar-refractivity contribution in [2.45, 2.75) is 11.3 Å². The first-order chi connectivity index (χ1) is 9.04. The van der Waals surface area contributed by atoms with E-state index in [0.29, 0.717) is 5.69 Å². The van der Waals surface area contributed by atoms with Gasteiger partial charge >= 0.3 is 0 Å². The lowest BCUT2D eigenvalue weighted by molar-refractivity contribution is 0.588. The van der Waals surface area contributed by atoms with Crippen LogP contribution in [0.1, 0.15) is 6.42 Å². The lowest BCUT2D eigenvalue weighted by Crippen LogP contribution is -2.26.